The molecule has 5 nitrogen and oxygen atoms in total. The van der Waals surface area contributed by atoms with Gasteiger partial charge < -0.3 is 15.5 Å². The van der Waals surface area contributed by atoms with Crippen LogP contribution in [0.25, 0.3) is 0 Å². The predicted molar refractivity (Wildman–Crippen MR) is 72.7 cm³/mol. The van der Waals surface area contributed by atoms with Crippen LogP contribution in [0.3, 0.4) is 0 Å². The maximum absolute atomic E-state index is 12.3. The maximum Gasteiger partial charge on any atom is 0.254 e. The fourth-order valence-corrected chi connectivity index (χ4v) is 2.10. The second kappa shape index (κ2) is 5.84. The quantitative estimate of drug-likeness (QED) is 0.839. The van der Waals surface area contributed by atoms with Gasteiger partial charge in [-0.05, 0) is 30.7 Å². The molecular weight excluding hydrogens is 242 g/mol. The number of hydrogen-bond acceptors (Lipinski definition) is 3. The minimum atomic E-state index is -0.0826. The molecule has 1 aromatic carbocycles. The first-order chi connectivity index (χ1) is 9.11. The standard InChI is InChI=1S/C14H19N3O2/c1-16-8-9-17(10-13(16)18)14(19)12-4-2-11(3-5-12)6-7-15/h2-5H,6-10,15H2,1H3. The zero-order chi connectivity index (χ0) is 13.8. The highest BCUT2D eigenvalue weighted by molar-refractivity contribution is 5.97. The van der Waals surface area contributed by atoms with Crippen molar-refractivity contribution in [2.75, 3.05) is 33.2 Å². The molecule has 19 heavy (non-hydrogen) atoms. The summed E-state index contributed by atoms with van der Waals surface area (Å²) in [6.07, 6.45) is 0.807. The predicted octanol–water partition coefficient (Wildman–Crippen LogP) is 0.102. The Morgan fingerprint density at radius 2 is 1.95 bits per heavy atom. The van der Waals surface area contributed by atoms with E-state index < -0.39 is 0 Å². The Bertz CT molecular complexity index is 470. The summed E-state index contributed by atoms with van der Waals surface area (Å²) in [5.74, 6) is -0.0971. The van der Waals surface area contributed by atoms with Gasteiger partial charge in [0, 0.05) is 25.7 Å². The van der Waals surface area contributed by atoms with E-state index in [-0.39, 0.29) is 18.4 Å². The Kier molecular flexibility index (Phi) is 4.16. The van der Waals surface area contributed by atoms with Gasteiger partial charge in [0.2, 0.25) is 5.91 Å². The second-order valence-electron chi connectivity index (χ2n) is 4.78. The molecule has 0 saturated carbocycles. The molecule has 1 aliphatic heterocycles. The van der Waals surface area contributed by atoms with Crippen molar-refractivity contribution in [3.05, 3.63) is 35.4 Å². The number of carbonyl (C=O) groups excluding carboxylic acids is 2. The molecule has 2 N–H and O–H groups in total. The molecule has 1 fully saturated rings. The van der Waals surface area contributed by atoms with E-state index in [0.29, 0.717) is 25.2 Å². The number of benzene rings is 1. The number of rotatable bonds is 3. The third-order valence-electron chi connectivity index (χ3n) is 3.38. The lowest BCUT2D eigenvalue weighted by Gasteiger charge is -2.32. The Hall–Kier alpha value is -1.88. The Morgan fingerprint density at radius 3 is 2.53 bits per heavy atom. The summed E-state index contributed by atoms with van der Waals surface area (Å²) in [5.41, 5.74) is 7.23. The lowest BCUT2D eigenvalue weighted by Crippen LogP contribution is -2.50. The molecular formula is C14H19N3O2. The van der Waals surface area contributed by atoms with Gasteiger partial charge in [-0.2, -0.15) is 0 Å². The highest BCUT2D eigenvalue weighted by Crippen LogP contribution is 2.10. The molecule has 0 radical (unpaired) electrons. The van der Waals surface area contributed by atoms with Crippen LogP contribution in [0.4, 0.5) is 0 Å². The number of likely N-dealkylation sites (N-methyl/N-ethyl adjacent to an activating group) is 1. The minimum Gasteiger partial charge on any atom is -0.342 e. The van der Waals surface area contributed by atoms with Gasteiger partial charge in [-0.1, -0.05) is 12.1 Å². The van der Waals surface area contributed by atoms with Crippen LogP contribution in [-0.2, 0) is 11.2 Å². The summed E-state index contributed by atoms with van der Waals surface area (Å²) in [5, 5.41) is 0. The number of carbonyl (C=O) groups is 2. The number of piperazine rings is 1. The fourth-order valence-electron chi connectivity index (χ4n) is 2.10. The Labute approximate surface area is 113 Å². The molecule has 0 aliphatic carbocycles. The summed E-state index contributed by atoms with van der Waals surface area (Å²) >= 11 is 0. The van der Waals surface area contributed by atoms with Gasteiger partial charge in [-0.25, -0.2) is 0 Å². The summed E-state index contributed by atoms with van der Waals surface area (Å²) in [4.78, 5) is 27.1. The number of nitrogens with zero attached hydrogens (tertiary/aromatic N) is 2. The molecule has 1 aliphatic rings. The zero-order valence-corrected chi connectivity index (χ0v) is 11.1. The number of hydrogen-bond donors (Lipinski definition) is 1. The van der Waals surface area contributed by atoms with Gasteiger partial charge in [0.1, 0.15) is 6.54 Å². The smallest absolute Gasteiger partial charge is 0.254 e. The molecule has 1 aromatic rings. The van der Waals surface area contributed by atoms with Crippen molar-refractivity contribution in [3.63, 3.8) is 0 Å². The van der Waals surface area contributed by atoms with Gasteiger partial charge in [-0.15, -0.1) is 0 Å². The van der Waals surface area contributed by atoms with E-state index in [4.69, 9.17) is 5.73 Å². The Morgan fingerprint density at radius 1 is 1.26 bits per heavy atom. The van der Waals surface area contributed by atoms with Gasteiger partial charge >= 0.3 is 0 Å². The van der Waals surface area contributed by atoms with Crippen LogP contribution in [0.15, 0.2) is 24.3 Å². The highest BCUT2D eigenvalue weighted by atomic mass is 16.2. The van der Waals surface area contributed by atoms with Crippen LogP contribution in [0.1, 0.15) is 15.9 Å². The van der Waals surface area contributed by atoms with Gasteiger partial charge in [0.15, 0.2) is 0 Å². The number of nitrogens with two attached hydrogens (primary N) is 1. The molecule has 0 bridgehead atoms. The van der Waals surface area contributed by atoms with Crippen LogP contribution >= 0.6 is 0 Å². The molecule has 0 spiro atoms. The average molecular weight is 261 g/mol. The SMILES string of the molecule is CN1CCN(C(=O)c2ccc(CCN)cc2)CC1=O. The summed E-state index contributed by atoms with van der Waals surface area (Å²) in [6.45, 7) is 1.95. The molecule has 1 heterocycles. The van der Waals surface area contributed by atoms with E-state index in [0.717, 1.165) is 12.0 Å². The molecule has 102 valence electrons. The van der Waals surface area contributed by atoms with Crippen molar-refractivity contribution in [1.82, 2.24) is 9.80 Å². The van der Waals surface area contributed by atoms with Gasteiger partial charge in [-0.3, -0.25) is 9.59 Å². The first kappa shape index (κ1) is 13.5. The summed E-state index contributed by atoms with van der Waals surface area (Å²) < 4.78 is 0. The van der Waals surface area contributed by atoms with Crippen molar-refractivity contribution >= 4 is 11.8 Å². The lowest BCUT2D eigenvalue weighted by molar-refractivity contribution is -0.133. The zero-order valence-electron chi connectivity index (χ0n) is 11.1. The van der Waals surface area contributed by atoms with E-state index in [2.05, 4.69) is 0 Å². The molecule has 0 atom stereocenters. The van der Waals surface area contributed by atoms with Crippen LogP contribution < -0.4 is 5.73 Å². The van der Waals surface area contributed by atoms with Crippen molar-refractivity contribution < 1.29 is 9.59 Å². The lowest BCUT2D eigenvalue weighted by atomic mass is 10.1. The first-order valence-electron chi connectivity index (χ1n) is 6.44. The summed E-state index contributed by atoms with van der Waals surface area (Å²) in [7, 11) is 1.76. The van der Waals surface area contributed by atoms with Crippen LogP contribution in [0.5, 0.6) is 0 Å². The van der Waals surface area contributed by atoms with Crippen molar-refractivity contribution in [2.45, 2.75) is 6.42 Å². The van der Waals surface area contributed by atoms with E-state index in [1.54, 1.807) is 29.0 Å². The topological polar surface area (TPSA) is 66.6 Å². The van der Waals surface area contributed by atoms with Crippen molar-refractivity contribution in [1.29, 1.82) is 0 Å². The van der Waals surface area contributed by atoms with Crippen molar-refractivity contribution in [2.24, 2.45) is 5.73 Å². The number of amides is 2. The minimum absolute atomic E-state index is 0.0145. The normalized spacial score (nSPS) is 15.8. The monoisotopic (exact) mass is 261 g/mol. The van der Waals surface area contributed by atoms with Crippen LogP contribution in [0.2, 0.25) is 0 Å². The largest absolute Gasteiger partial charge is 0.342 e. The first-order valence-corrected chi connectivity index (χ1v) is 6.44. The third-order valence-corrected chi connectivity index (χ3v) is 3.38. The third kappa shape index (κ3) is 3.12. The molecule has 1 saturated heterocycles. The molecule has 5 heteroatoms. The summed E-state index contributed by atoms with van der Waals surface area (Å²) in [6, 6.07) is 7.43. The van der Waals surface area contributed by atoms with E-state index >= 15 is 0 Å². The molecule has 0 unspecified atom stereocenters. The van der Waals surface area contributed by atoms with Crippen molar-refractivity contribution in [3.8, 4) is 0 Å². The van der Waals surface area contributed by atoms with E-state index in [1.807, 2.05) is 12.1 Å². The van der Waals surface area contributed by atoms with Gasteiger partial charge in [0.05, 0.1) is 0 Å². The highest BCUT2D eigenvalue weighted by Gasteiger charge is 2.25. The van der Waals surface area contributed by atoms with Crippen LogP contribution in [0, 0.1) is 0 Å². The van der Waals surface area contributed by atoms with E-state index in [9.17, 15) is 9.59 Å². The van der Waals surface area contributed by atoms with Gasteiger partial charge in [0.25, 0.3) is 5.91 Å². The van der Waals surface area contributed by atoms with Crippen LogP contribution in [-0.4, -0.2) is 54.8 Å². The maximum atomic E-state index is 12.3. The van der Waals surface area contributed by atoms with E-state index in [1.165, 1.54) is 0 Å². The Balaban J connectivity index is 2.05. The molecule has 2 amide bonds. The fraction of sp³-hybridized carbons (Fsp3) is 0.429. The molecule has 0 aromatic heterocycles. The second-order valence-corrected chi connectivity index (χ2v) is 4.78. The molecule has 2 rings (SSSR count). The average Bonchev–Trinajstić information content (AvgIpc) is 2.42.